The van der Waals surface area contributed by atoms with E-state index in [1.807, 2.05) is 0 Å². The van der Waals surface area contributed by atoms with Gasteiger partial charge in [0.25, 0.3) is 0 Å². The van der Waals surface area contributed by atoms with E-state index in [4.69, 9.17) is 17.2 Å². The number of rotatable bonds is 32. The van der Waals surface area contributed by atoms with Crippen molar-refractivity contribution in [2.75, 3.05) is 12.3 Å². The Kier molecular flexibility index (Phi) is 26.2. The molecule has 0 bridgehead atoms. The largest absolute Gasteiger partial charge is 0.508 e. The number of carbonyl (C=O) groups excluding carboxylic acids is 7. The Hall–Kier alpha value is -7.52. The number of hydrogen-bond acceptors (Lipinski definition) is 15. The molecule has 73 heavy (non-hydrogen) atoms. The summed E-state index contributed by atoms with van der Waals surface area (Å²) in [5, 5.41) is 65.6. The lowest BCUT2D eigenvalue weighted by Gasteiger charge is -2.28. The number of carboxylic acid groups (broad SMARTS) is 3. The maximum Gasteiger partial charge on any atom is 0.326 e. The van der Waals surface area contributed by atoms with Crippen LogP contribution in [-0.4, -0.2) is 157 Å². The van der Waals surface area contributed by atoms with E-state index in [1.165, 1.54) is 38.1 Å². The van der Waals surface area contributed by atoms with E-state index in [1.54, 1.807) is 30.3 Å². The van der Waals surface area contributed by atoms with Crippen molar-refractivity contribution in [3.8, 4) is 5.75 Å². The Morgan fingerprint density at radius 3 is 1.47 bits per heavy atom. The van der Waals surface area contributed by atoms with E-state index in [2.05, 4.69) is 54.8 Å². The molecule has 0 saturated heterocycles. The number of aliphatic hydroxyl groups is 1. The Morgan fingerprint density at radius 2 is 1.00 bits per heavy atom. The molecule has 0 fully saturated rings. The van der Waals surface area contributed by atoms with Gasteiger partial charge in [-0.05, 0) is 68.2 Å². The van der Waals surface area contributed by atoms with Crippen molar-refractivity contribution in [3.63, 3.8) is 0 Å². The third kappa shape index (κ3) is 22.6. The number of aliphatic imine (C=N–C) groups is 1. The first-order chi connectivity index (χ1) is 34.3. The van der Waals surface area contributed by atoms with E-state index in [0.717, 1.165) is 12.5 Å². The average molecular weight is 1050 g/mol. The highest BCUT2D eigenvalue weighted by Gasteiger charge is 2.36. The average Bonchev–Trinajstić information content (AvgIpc) is 3.32. The zero-order valence-corrected chi connectivity index (χ0v) is 41.4. The number of phenolic OH excluding ortho intramolecular Hbond substituents is 1. The summed E-state index contributed by atoms with van der Waals surface area (Å²) in [6, 6.07) is 2.10. The Bertz CT molecular complexity index is 2250. The predicted molar refractivity (Wildman–Crippen MR) is 265 cm³/mol. The molecule has 402 valence electrons. The number of carbonyl (C=O) groups is 10. The smallest absolute Gasteiger partial charge is 0.326 e. The number of thiol groups is 1. The van der Waals surface area contributed by atoms with Crippen LogP contribution in [-0.2, 0) is 60.8 Å². The highest BCUT2D eigenvalue weighted by molar-refractivity contribution is 7.80. The monoisotopic (exact) mass is 1050 g/mol. The molecule has 9 atom stereocenters. The van der Waals surface area contributed by atoms with Crippen molar-refractivity contribution >= 4 is 77.8 Å². The Morgan fingerprint density at radius 1 is 0.562 bits per heavy atom. The van der Waals surface area contributed by atoms with Gasteiger partial charge in [-0.1, -0.05) is 56.3 Å². The van der Waals surface area contributed by atoms with Crippen LogP contribution in [0, 0.1) is 5.92 Å². The third-order valence-corrected chi connectivity index (χ3v) is 11.3. The predicted octanol–water partition coefficient (Wildman–Crippen LogP) is -3.27. The molecule has 0 aliphatic rings. The fourth-order valence-corrected chi connectivity index (χ4v) is 7.12. The SMILES string of the molecule is CC(C)[C@H](NC(=O)[C@H](CCCN=C(N)N)NC(=O)[C@H](CCC(=O)O)NC(=O)[C@H](CCC(=O)O)NC(=O)[C@H](CS)NC(=O)[C@@H](NC(=O)[C@H](Cc1ccc(O)cc1)NC(=O)[C@@H](N)Cc1ccccc1)[C@@H](C)O)C(=O)O. The zero-order valence-electron chi connectivity index (χ0n) is 40.5. The summed E-state index contributed by atoms with van der Waals surface area (Å²) in [7, 11) is 0. The van der Waals surface area contributed by atoms with Crippen LogP contribution in [0.25, 0.3) is 0 Å². The lowest BCUT2D eigenvalue weighted by Crippen LogP contribution is -2.62. The number of nitrogens with one attached hydrogen (secondary N) is 7. The minimum Gasteiger partial charge on any atom is -0.508 e. The van der Waals surface area contributed by atoms with Crippen molar-refractivity contribution in [3.05, 3.63) is 65.7 Å². The lowest BCUT2D eigenvalue weighted by atomic mass is 10.0. The number of carboxylic acids is 3. The van der Waals surface area contributed by atoms with Crippen LogP contribution >= 0.6 is 12.6 Å². The topological polar surface area (TPSA) is 446 Å². The van der Waals surface area contributed by atoms with Gasteiger partial charge in [0.15, 0.2) is 5.96 Å². The number of nitrogens with zero attached hydrogens (tertiary/aromatic N) is 1. The second-order valence-electron chi connectivity index (χ2n) is 17.3. The highest BCUT2D eigenvalue weighted by atomic mass is 32.1. The van der Waals surface area contributed by atoms with E-state index in [9.17, 15) is 73.5 Å². The van der Waals surface area contributed by atoms with Gasteiger partial charge in [-0.2, -0.15) is 12.6 Å². The van der Waals surface area contributed by atoms with E-state index >= 15 is 0 Å². The standard InChI is InChI=1S/C46H67N11O15S/c1-23(2)36(45(71)72)56-41(67)29(10-7-19-50-46(48)49)51-39(65)30(15-17-34(60)61)52-40(66)31(16-18-35(62)63)53-43(69)33(22-73)55-44(70)37(24(3)58)57-42(68)32(21-26-11-13-27(59)14-12-26)54-38(64)28(47)20-25-8-5-4-6-9-25/h4-6,8-9,11-14,23-24,28-33,36-37,58-59,73H,7,10,15-22,47H2,1-3H3,(H,51,65)(H,52,66)(H,53,69)(H,54,64)(H,55,70)(H,56,67)(H,57,68)(H,60,61)(H,62,63)(H,71,72)(H4,48,49,50)/t24-,28+,29+,30+,31+,32+,33+,36+,37+/m1/s1. The van der Waals surface area contributed by atoms with Crippen molar-refractivity contribution in [2.45, 2.75) is 127 Å². The molecule has 18 N–H and O–H groups in total. The highest BCUT2D eigenvalue weighted by Crippen LogP contribution is 2.14. The molecule has 7 amide bonds. The molecule has 2 rings (SSSR count). The Balaban J connectivity index is 2.36. The number of guanidine groups is 1. The maximum atomic E-state index is 13.9. The molecule has 0 aliphatic heterocycles. The molecule has 2 aromatic rings. The molecule has 27 heteroatoms. The fourth-order valence-electron chi connectivity index (χ4n) is 6.86. The minimum absolute atomic E-state index is 0.0194. The molecule has 0 aromatic heterocycles. The number of aromatic hydroxyl groups is 1. The molecule has 26 nitrogen and oxygen atoms in total. The lowest BCUT2D eigenvalue weighted by molar-refractivity contribution is -0.143. The molecule has 0 spiro atoms. The van der Waals surface area contributed by atoms with E-state index in [0.29, 0.717) is 5.56 Å². The van der Waals surface area contributed by atoms with Crippen LogP contribution in [0.4, 0.5) is 0 Å². The molecule has 0 radical (unpaired) electrons. The number of phenols is 1. The number of aliphatic carboxylic acids is 3. The van der Waals surface area contributed by atoms with Crippen LogP contribution in [0.1, 0.15) is 70.4 Å². The number of hydrogen-bond donors (Lipinski definition) is 16. The van der Waals surface area contributed by atoms with Gasteiger partial charge in [-0.25, -0.2) is 4.79 Å². The quantitative estimate of drug-likeness (QED) is 0.0148. The van der Waals surface area contributed by atoms with Crippen molar-refractivity contribution < 1.29 is 73.5 Å². The van der Waals surface area contributed by atoms with Gasteiger partial charge in [0.1, 0.15) is 48.0 Å². The van der Waals surface area contributed by atoms with Gasteiger partial charge >= 0.3 is 17.9 Å². The summed E-state index contributed by atoms with van der Waals surface area (Å²) in [6.07, 6.45) is -4.49. The third-order valence-electron chi connectivity index (χ3n) is 10.9. The zero-order chi connectivity index (χ0) is 54.9. The first kappa shape index (κ1) is 61.6. The van der Waals surface area contributed by atoms with Gasteiger partial charge < -0.3 is 80.0 Å². The molecule has 2 aromatic carbocycles. The van der Waals surface area contributed by atoms with Crippen LogP contribution in [0.3, 0.4) is 0 Å². The van der Waals surface area contributed by atoms with Crippen molar-refractivity contribution in [1.82, 2.24) is 37.2 Å². The number of nitrogens with two attached hydrogens (primary N) is 3. The van der Waals surface area contributed by atoms with Crippen molar-refractivity contribution in [2.24, 2.45) is 28.1 Å². The van der Waals surface area contributed by atoms with Gasteiger partial charge in [0, 0.05) is 31.6 Å². The first-order valence-corrected chi connectivity index (χ1v) is 23.7. The number of amides is 7. The maximum absolute atomic E-state index is 13.9. The molecular formula is C46H67N11O15S. The first-order valence-electron chi connectivity index (χ1n) is 23.0. The molecule has 0 heterocycles. The van der Waals surface area contributed by atoms with Gasteiger partial charge in [0.2, 0.25) is 41.4 Å². The molecule has 0 unspecified atom stereocenters. The Labute approximate surface area is 425 Å². The summed E-state index contributed by atoms with van der Waals surface area (Å²) >= 11 is 4.14. The van der Waals surface area contributed by atoms with E-state index < -0.39 is 151 Å². The summed E-state index contributed by atoms with van der Waals surface area (Å²) in [6.45, 7) is 4.17. The van der Waals surface area contributed by atoms with Gasteiger partial charge in [-0.15, -0.1) is 0 Å². The summed E-state index contributed by atoms with van der Waals surface area (Å²) in [4.78, 5) is 135. The van der Waals surface area contributed by atoms with Crippen LogP contribution in [0.5, 0.6) is 5.75 Å². The normalized spacial score (nSPS) is 14.7. The van der Waals surface area contributed by atoms with Crippen LogP contribution < -0.4 is 54.4 Å². The fraction of sp³-hybridized carbons (Fsp3) is 0.500. The molecular weight excluding hydrogens is 979 g/mol. The van der Waals surface area contributed by atoms with E-state index in [-0.39, 0.29) is 43.9 Å². The summed E-state index contributed by atoms with van der Waals surface area (Å²) < 4.78 is 0. The molecule has 0 aliphatic carbocycles. The van der Waals surface area contributed by atoms with Crippen molar-refractivity contribution in [1.29, 1.82) is 0 Å². The summed E-state index contributed by atoms with van der Waals surface area (Å²) in [5.74, 6) is -12.9. The number of benzene rings is 2. The minimum atomic E-state index is -1.79. The van der Waals surface area contributed by atoms with Gasteiger partial charge in [-0.3, -0.25) is 48.1 Å². The summed E-state index contributed by atoms with van der Waals surface area (Å²) in [5.41, 5.74) is 18.1. The second-order valence-corrected chi connectivity index (χ2v) is 17.6. The number of aliphatic hydroxyl groups excluding tert-OH is 1. The van der Waals surface area contributed by atoms with Gasteiger partial charge in [0.05, 0.1) is 12.1 Å². The molecule has 0 saturated carbocycles. The van der Waals surface area contributed by atoms with Crippen LogP contribution in [0.2, 0.25) is 0 Å². The second kappa shape index (κ2) is 31.0. The van der Waals surface area contributed by atoms with Crippen LogP contribution in [0.15, 0.2) is 59.6 Å².